The highest BCUT2D eigenvalue weighted by atomic mass is 32.2. The first-order valence-corrected chi connectivity index (χ1v) is 10.9. The molecule has 1 heterocycles. The van der Waals surface area contributed by atoms with Crippen molar-refractivity contribution < 1.29 is 14.3 Å². The molecule has 0 amide bonds. The average Bonchev–Trinajstić information content (AvgIpc) is 3.20. The number of nitrogens with one attached hydrogen (secondary N) is 1. The molecule has 1 N–H and O–H groups in total. The van der Waals surface area contributed by atoms with Crippen LogP contribution in [0.5, 0.6) is 5.75 Å². The second-order valence-electron chi connectivity index (χ2n) is 6.76. The minimum Gasteiger partial charge on any atom is -0.497 e. The lowest BCUT2D eigenvalue weighted by molar-refractivity contribution is -0.134. The number of carbonyl (C=O) groups excluding carboxylic acids is 1. The number of ether oxygens (including phenoxy) is 2. The number of thioether (sulfide) groups is 1. The highest BCUT2D eigenvalue weighted by molar-refractivity contribution is 8.23. The molecule has 0 aromatic heterocycles. The number of methoxy groups -OCH3 is 1. The molecule has 1 aliphatic heterocycles. The third-order valence-electron chi connectivity index (χ3n) is 4.70. The minimum absolute atomic E-state index is 0.326. The molecule has 31 heavy (non-hydrogen) atoms. The Labute approximate surface area is 190 Å². The lowest BCUT2D eigenvalue weighted by Gasteiger charge is -2.20. The van der Waals surface area contributed by atoms with Gasteiger partial charge in [-0.05, 0) is 42.0 Å². The van der Waals surface area contributed by atoms with Crippen molar-refractivity contribution in [1.29, 1.82) is 0 Å². The van der Waals surface area contributed by atoms with Crippen LogP contribution in [0.4, 0.5) is 5.69 Å². The van der Waals surface area contributed by atoms with Crippen LogP contribution < -0.4 is 10.1 Å². The quantitative estimate of drug-likeness (QED) is 0.411. The smallest absolute Gasteiger partial charge is 0.339 e. The molecule has 0 saturated carbocycles. The summed E-state index contributed by atoms with van der Waals surface area (Å²) in [6.45, 7) is 0. The van der Waals surface area contributed by atoms with Crippen molar-refractivity contribution in [2.45, 2.75) is 11.3 Å². The molecule has 0 unspecified atom stereocenters. The van der Waals surface area contributed by atoms with Gasteiger partial charge in [0.25, 0.3) is 0 Å². The third kappa shape index (κ3) is 5.13. The van der Waals surface area contributed by atoms with Gasteiger partial charge in [-0.3, -0.25) is 0 Å². The normalized spacial score (nSPS) is 16.2. The van der Waals surface area contributed by atoms with Gasteiger partial charge in [-0.15, -0.1) is 0 Å². The van der Waals surface area contributed by atoms with Crippen LogP contribution in [0.1, 0.15) is 16.4 Å². The van der Waals surface area contributed by atoms with E-state index in [9.17, 15) is 4.79 Å². The highest BCUT2D eigenvalue weighted by Gasteiger charge is 2.38. The van der Waals surface area contributed by atoms with Crippen LogP contribution >= 0.6 is 24.0 Å². The summed E-state index contributed by atoms with van der Waals surface area (Å²) in [4.78, 5) is 17.4. The van der Waals surface area contributed by atoms with Crippen LogP contribution in [0, 0.1) is 0 Å². The molecule has 156 valence electrons. The standard InChI is InChI=1S/C24H20N2O3S2/c1-28-19-14-12-18(13-15-19)25-24(30)31-21(16-8-4-2-5-9-16)20-23(27)29-22(26-20)17-10-6-3-7-11-17/h2-15,20-21H,1H3,(H,25,30)/t20-,21+/m0/s1. The van der Waals surface area contributed by atoms with Crippen LogP contribution in [0.15, 0.2) is 89.9 Å². The highest BCUT2D eigenvalue weighted by Crippen LogP contribution is 2.38. The Hall–Kier alpha value is -3.16. The van der Waals surface area contributed by atoms with Gasteiger partial charge in [0.1, 0.15) is 10.1 Å². The van der Waals surface area contributed by atoms with Gasteiger partial charge in [-0.25, -0.2) is 9.79 Å². The predicted octanol–water partition coefficient (Wildman–Crippen LogP) is 5.24. The first-order valence-electron chi connectivity index (χ1n) is 9.65. The summed E-state index contributed by atoms with van der Waals surface area (Å²) in [5.74, 6) is 0.723. The SMILES string of the molecule is COc1ccc(NC(=S)S[C@H](c2ccccc2)[C@@H]2N=C(c3ccccc3)OC2=O)cc1. The van der Waals surface area contributed by atoms with E-state index in [0.717, 1.165) is 22.6 Å². The van der Waals surface area contributed by atoms with Gasteiger partial charge in [-0.2, -0.15) is 0 Å². The van der Waals surface area contributed by atoms with Gasteiger partial charge in [-0.1, -0.05) is 72.5 Å². The number of hydrogen-bond acceptors (Lipinski definition) is 6. The maximum atomic E-state index is 12.8. The van der Waals surface area contributed by atoms with Crippen molar-refractivity contribution >= 4 is 45.9 Å². The molecule has 0 aliphatic carbocycles. The van der Waals surface area contributed by atoms with Crippen molar-refractivity contribution in [2.24, 2.45) is 4.99 Å². The monoisotopic (exact) mass is 448 g/mol. The first-order chi connectivity index (χ1) is 15.1. The summed E-state index contributed by atoms with van der Waals surface area (Å²) in [6.07, 6.45) is 0. The van der Waals surface area contributed by atoms with Gasteiger partial charge < -0.3 is 14.8 Å². The third-order valence-corrected chi connectivity index (χ3v) is 6.19. The summed E-state index contributed by atoms with van der Waals surface area (Å²) in [6, 6.07) is 26.0. The zero-order chi connectivity index (χ0) is 21.6. The minimum atomic E-state index is -0.696. The number of cyclic esters (lactones) is 1. The molecule has 0 bridgehead atoms. The van der Waals surface area contributed by atoms with E-state index >= 15 is 0 Å². The number of anilines is 1. The molecular formula is C24H20N2O3S2. The molecule has 0 spiro atoms. The fourth-order valence-corrected chi connectivity index (χ4v) is 4.59. The van der Waals surface area contributed by atoms with E-state index < -0.39 is 6.04 Å². The molecule has 3 aromatic rings. The van der Waals surface area contributed by atoms with E-state index in [-0.39, 0.29) is 11.2 Å². The molecule has 5 nitrogen and oxygen atoms in total. The van der Waals surface area contributed by atoms with Gasteiger partial charge in [0, 0.05) is 11.3 Å². The van der Waals surface area contributed by atoms with Gasteiger partial charge in [0.05, 0.1) is 12.4 Å². The second-order valence-corrected chi connectivity index (χ2v) is 8.57. The average molecular weight is 449 g/mol. The molecule has 0 radical (unpaired) electrons. The van der Waals surface area contributed by atoms with Gasteiger partial charge in [0.15, 0.2) is 6.04 Å². The van der Waals surface area contributed by atoms with E-state index in [1.807, 2.05) is 84.9 Å². The van der Waals surface area contributed by atoms with E-state index in [1.165, 1.54) is 11.8 Å². The number of benzene rings is 3. The lowest BCUT2D eigenvalue weighted by atomic mass is 10.1. The largest absolute Gasteiger partial charge is 0.497 e. The van der Waals surface area contributed by atoms with E-state index in [1.54, 1.807) is 7.11 Å². The van der Waals surface area contributed by atoms with Crippen molar-refractivity contribution in [3.05, 3.63) is 96.1 Å². The molecule has 2 atom stereocenters. The van der Waals surface area contributed by atoms with Crippen LogP contribution in [-0.4, -0.2) is 29.3 Å². The molecule has 1 aliphatic rings. The molecule has 7 heteroatoms. The van der Waals surface area contributed by atoms with E-state index in [2.05, 4.69) is 10.3 Å². The summed E-state index contributed by atoms with van der Waals surface area (Å²) in [7, 11) is 1.62. The van der Waals surface area contributed by atoms with Crippen molar-refractivity contribution in [3.63, 3.8) is 0 Å². The van der Waals surface area contributed by atoms with E-state index in [4.69, 9.17) is 21.7 Å². The second kappa shape index (κ2) is 9.76. The number of hydrogen-bond donors (Lipinski definition) is 1. The van der Waals surface area contributed by atoms with Crippen LogP contribution in [0.3, 0.4) is 0 Å². The topological polar surface area (TPSA) is 59.9 Å². The molecule has 0 saturated heterocycles. The number of nitrogens with zero attached hydrogens (tertiary/aromatic N) is 1. The summed E-state index contributed by atoms with van der Waals surface area (Å²) in [5.41, 5.74) is 2.56. The number of thiocarbonyl (C=S) groups is 1. The van der Waals surface area contributed by atoms with Crippen molar-refractivity contribution in [1.82, 2.24) is 0 Å². The summed E-state index contributed by atoms with van der Waals surface area (Å²) < 4.78 is 11.2. The maximum absolute atomic E-state index is 12.8. The Morgan fingerprint density at radius 1 is 1.03 bits per heavy atom. The fourth-order valence-electron chi connectivity index (χ4n) is 3.16. The zero-order valence-corrected chi connectivity index (χ0v) is 18.4. The van der Waals surface area contributed by atoms with Crippen molar-refractivity contribution in [2.75, 3.05) is 12.4 Å². The van der Waals surface area contributed by atoms with Crippen LogP contribution in [0.25, 0.3) is 0 Å². The maximum Gasteiger partial charge on any atom is 0.339 e. The fraction of sp³-hybridized carbons (Fsp3) is 0.125. The number of rotatable bonds is 6. The predicted molar refractivity (Wildman–Crippen MR) is 129 cm³/mol. The van der Waals surface area contributed by atoms with E-state index in [0.29, 0.717) is 10.2 Å². The molecule has 0 fully saturated rings. The Kier molecular flexibility index (Phi) is 6.64. The molecule has 3 aromatic carbocycles. The lowest BCUT2D eigenvalue weighted by Crippen LogP contribution is -2.23. The molecule has 4 rings (SSSR count). The Bertz CT molecular complexity index is 1090. The number of carbonyl (C=O) groups is 1. The Morgan fingerprint density at radius 2 is 1.68 bits per heavy atom. The van der Waals surface area contributed by atoms with Crippen molar-refractivity contribution in [3.8, 4) is 5.75 Å². The van der Waals surface area contributed by atoms with Crippen LogP contribution in [0.2, 0.25) is 0 Å². The Balaban J connectivity index is 1.57. The first kappa shape index (κ1) is 21.1. The summed E-state index contributed by atoms with van der Waals surface area (Å²) >= 11 is 6.97. The van der Waals surface area contributed by atoms with Crippen LogP contribution in [-0.2, 0) is 9.53 Å². The number of esters is 1. The Morgan fingerprint density at radius 3 is 2.32 bits per heavy atom. The molecular weight excluding hydrogens is 428 g/mol. The van der Waals surface area contributed by atoms with Gasteiger partial charge >= 0.3 is 5.97 Å². The summed E-state index contributed by atoms with van der Waals surface area (Å²) in [5, 5.41) is 2.89. The zero-order valence-electron chi connectivity index (χ0n) is 16.7. The van der Waals surface area contributed by atoms with Gasteiger partial charge in [0.2, 0.25) is 5.90 Å². The number of aliphatic imine (C=N–C) groups is 1.